The summed E-state index contributed by atoms with van der Waals surface area (Å²) in [5.74, 6) is -3.34. The van der Waals surface area contributed by atoms with Gasteiger partial charge in [0.1, 0.15) is 22.8 Å². The molecule has 0 spiro atoms. The van der Waals surface area contributed by atoms with Crippen LogP contribution in [0, 0.1) is 0 Å². The molecule has 0 amide bonds. The fourth-order valence-corrected chi connectivity index (χ4v) is 3.30. The van der Waals surface area contributed by atoms with Gasteiger partial charge in [0.15, 0.2) is 6.04 Å². The number of para-hydroxylation sites is 1. The first-order chi connectivity index (χ1) is 16.6. The molecule has 0 fully saturated rings. The van der Waals surface area contributed by atoms with E-state index >= 15 is 0 Å². The molecule has 1 heterocycles. The third-order valence-electron chi connectivity index (χ3n) is 5.01. The SMILES string of the molecule is [Cl-].[NH3+]C(Cc1ccc(O)cc1)C(=O)Oc1ccc2c(=O)c(Oc3ccccc3)c(C(F)(F)F)oc2c1. The lowest BCUT2D eigenvalue weighted by molar-refractivity contribution is -0.406. The Bertz CT molecular complexity index is 1420. The van der Waals surface area contributed by atoms with Gasteiger partial charge in [-0.05, 0) is 42.0 Å². The van der Waals surface area contributed by atoms with Gasteiger partial charge in [0.25, 0.3) is 5.76 Å². The van der Waals surface area contributed by atoms with Crippen LogP contribution >= 0.6 is 0 Å². The molecule has 0 saturated carbocycles. The van der Waals surface area contributed by atoms with Gasteiger partial charge in [0.05, 0.1) is 5.39 Å². The van der Waals surface area contributed by atoms with Crippen molar-refractivity contribution >= 4 is 16.9 Å². The predicted octanol–water partition coefficient (Wildman–Crippen LogP) is 1.07. The number of halogens is 4. The Morgan fingerprint density at radius 1 is 1.00 bits per heavy atom. The summed E-state index contributed by atoms with van der Waals surface area (Å²) >= 11 is 0. The molecule has 0 aliphatic heterocycles. The van der Waals surface area contributed by atoms with Crippen molar-refractivity contribution in [3.05, 3.63) is 94.3 Å². The van der Waals surface area contributed by atoms with E-state index in [1.54, 1.807) is 30.3 Å². The summed E-state index contributed by atoms with van der Waals surface area (Å²) in [5, 5.41) is 9.16. The Kier molecular flexibility index (Phi) is 7.91. The molecule has 0 saturated heterocycles. The molecular weight excluding hydrogens is 503 g/mol. The summed E-state index contributed by atoms with van der Waals surface area (Å²) in [6.07, 6.45) is -4.81. The lowest BCUT2D eigenvalue weighted by atomic mass is 10.1. The molecule has 0 bridgehead atoms. The average Bonchev–Trinajstić information content (AvgIpc) is 2.82. The fourth-order valence-electron chi connectivity index (χ4n) is 3.30. The van der Waals surface area contributed by atoms with Crippen molar-refractivity contribution in [1.29, 1.82) is 0 Å². The fraction of sp³-hybridized carbons (Fsp3) is 0.120. The van der Waals surface area contributed by atoms with Gasteiger partial charge < -0.3 is 37.1 Å². The molecular formula is C25H19ClF3NO6. The van der Waals surface area contributed by atoms with Gasteiger partial charge in [-0.3, -0.25) is 4.79 Å². The highest BCUT2D eigenvalue weighted by atomic mass is 35.5. The van der Waals surface area contributed by atoms with E-state index in [9.17, 15) is 27.9 Å². The molecule has 1 aromatic heterocycles. The summed E-state index contributed by atoms with van der Waals surface area (Å²) in [5.41, 5.74) is 3.03. The van der Waals surface area contributed by atoms with Gasteiger partial charge in [-0.1, -0.05) is 30.3 Å². The maximum atomic E-state index is 13.7. The molecule has 7 nitrogen and oxygen atoms in total. The molecule has 4 N–H and O–H groups in total. The summed E-state index contributed by atoms with van der Waals surface area (Å²) < 4.78 is 56.6. The smallest absolute Gasteiger partial charge is 0.453 e. The standard InChI is InChI=1S/C25H18F3NO6.ClH/c26-25(27,28)23-22(33-16-4-2-1-3-5-16)21(31)18-11-10-17(13-20(18)35-23)34-24(32)19(29)12-14-6-8-15(30)9-7-14;/h1-11,13,19,30H,12,29H2;1H. The molecule has 0 aliphatic carbocycles. The normalized spacial score (nSPS) is 12.0. The van der Waals surface area contributed by atoms with Crippen LogP contribution in [0.4, 0.5) is 13.2 Å². The second-order valence-corrected chi connectivity index (χ2v) is 7.65. The van der Waals surface area contributed by atoms with Gasteiger partial charge in [-0.25, -0.2) is 4.79 Å². The Labute approximate surface area is 208 Å². The van der Waals surface area contributed by atoms with E-state index in [1.807, 2.05) is 0 Å². The second-order valence-electron chi connectivity index (χ2n) is 7.65. The first-order valence-electron chi connectivity index (χ1n) is 10.4. The maximum absolute atomic E-state index is 13.7. The van der Waals surface area contributed by atoms with E-state index in [2.05, 4.69) is 5.73 Å². The van der Waals surface area contributed by atoms with Crippen LogP contribution in [0.1, 0.15) is 11.3 Å². The largest absolute Gasteiger partial charge is 1.00 e. The van der Waals surface area contributed by atoms with Crippen LogP contribution in [-0.2, 0) is 17.4 Å². The molecule has 0 aliphatic rings. The number of phenolic OH excluding ortho intramolecular Hbond substituents is 1. The first-order valence-corrected chi connectivity index (χ1v) is 10.4. The van der Waals surface area contributed by atoms with Crippen molar-refractivity contribution in [1.82, 2.24) is 0 Å². The third-order valence-corrected chi connectivity index (χ3v) is 5.01. The number of ether oxygens (including phenoxy) is 2. The minimum absolute atomic E-state index is 0. The number of alkyl halides is 3. The van der Waals surface area contributed by atoms with Crippen LogP contribution in [0.25, 0.3) is 11.0 Å². The van der Waals surface area contributed by atoms with E-state index in [0.717, 1.165) is 11.6 Å². The zero-order valence-corrected chi connectivity index (χ0v) is 19.2. The van der Waals surface area contributed by atoms with Crippen molar-refractivity contribution in [2.75, 3.05) is 0 Å². The number of quaternary nitrogens is 1. The van der Waals surface area contributed by atoms with E-state index in [1.165, 1.54) is 36.4 Å². The Morgan fingerprint density at radius 2 is 1.67 bits per heavy atom. The minimum atomic E-state index is -5.02. The van der Waals surface area contributed by atoms with Gasteiger partial charge >= 0.3 is 12.1 Å². The first kappa shape index (κ1) is 26.6. The Morgan fingerprint density at radius 3 is 2.31 bits per heavy atom. The van der Waals surface area contributed by atoms with E-state index in [-0.39, 0.29) is 41.5 Å². The van der Waals surface area contributed by atoms with E-state index in [4.69, 9.17) is 13.9 Å². The lowest BCUT2D eigenvalue weighted by Gasteiger charge is -2.14. The number of fused-ring (bicyclic) bond motifs is 1. The van der Waals surface area contributed by atoms with Gasteiger partial charge in [-0.2, -0.15) is 13.2 Å². The van der Waals surface area contributed by atoms with Crippen LogP contribution in [-0.4, -0.2) is 17.1 Å². The number of rotatable bonds is 6. The molecule has 1 unspecified atom stereocenters. The van der Waals surface area contributed by atoms with E-state index < -0.39 is 40.7 Å². The van der Waals surface area contributed by atoms with Crippen LogP contribution in [0.5, 0.6) is 23.0 Å². The predicted molar refractivity (Wildman–Crippen MR) is 118 cm³/mol. The summed E-state index contributed by atoms with van der Waals surface area (Å²) in [6.45, 7) is 0. The molecule has 3 aromatic carbocycles. The lowest BCUT2D eigenvalue weighted by Crippen LogP contribution is -3.00. The number of hydrogen-bond acceptors (Lipinski definition) is 6. The highest BCUT2D eigenvalue weighted by molar-refractivity contribution is 5.82. The molecule has 11 heteroatoms. The number of carbonyl (C=O) groups excluding carboxylic acids is 1. The Hall–Kier alpha value is -4.02. The van der Waals surface area contributed by atoms with E-state index in [0.29, 0.717) is 0 Å². The minimum Gasteiger partial charge on any atom is -1.00 e. The molecule has 188 valence electrons. The topological polar surface area (TPSA) is 114 Å². The summed E-state index contributed by atoms with van der Waals surface area (Å²) in [6, 6.07) is 16.4. The van der Waals surface area contributed by atoms with Crippen LogP contribution < -0.4 is 33.0 Å². The molecule has 4 rings (SSSR count). The van der Waals surface area contributed by atoms with Crippen LogP contribution in [0.3, 0.4) is 0 Å². The van der Waals surface area contributed by atoms with Gasteiger partial charge in [0, 0.05) is 12.5 Å². The zero-order chi connectivity index (χ0) is 25.2. The second kappa shape index (κ2) is 10.7. The number of benzene rings is 3. The van der Waals surface area contributed by atoms with Crippen molar-refractivity contribution in [3.63, 3.8) is 0 Å². The summed E-state index contributed by atoms with van der Waals surface area (Å²) in [7, 11) is 0. The van der Waals surface area contributed by atoms with Crippen molar-refractivity contribution in [3.8, 4) is 23.0 Å². The molecule has 36 heavy (non-hydrogen) atoms. The number of aromatic hydroxyl groups is 1. The third kappa shape index (κ3) is 5.96. The molecule has 4 aromatic rings. The highest BCUT2D eigenvalue weighted by Gasteiger charge is 2.40. The van der Waals surface area contributed by atoms with Crippen LogP contribution in [0.2, 0.25) is 0 Å². The Balaban J connectivity index is 0.00000361. The monoisotopic (exact) mass is 521 g/mol. The number of phenols is 1. The molecule has 0 radical (unpaired) electrons. The average molecular weight is 522 g/mol. The quantitative estimate of drug-likeness (QED) is 0.290. The van der Waals surface area contributed by atoms with Crippen molar-refractivity contribution in [2.45, 2.75) is 18.6 Å². The molecule has 1 atom stereocenters. The van der Waals surface area contributed by atoms with Crippen LogP contribution in [0.15, 0.2) is 82.0 Å². The summed E-state index contributed by atoms with van der Waals surface area (Å²) in [4.78, 5) is 25.3. The highest BCUT2D eigenvalue weighted by Crippen LogP contribution is 2.38. The van der Waals surface area contributed by atoms with Crippen molar-refractivity contribution in [2.24, 2.45) is 0 Å². The maximum Gasteiger partial charge on any atom is 0.453 e. The number of carbonyl (C=O) groups is 1. The number of hydrogen-bond donors (Lipinski definition) is 2. The van der Waals surface area contributed by atoms with Gasteiger partial charge in [0.2, 0.25) is 11.2 Å². The number of esters is 1. The van der Waals surface area contributed by atoms with Gasteiger partial charge in [-0.15, -0.1) is 0 Å². The van der Waals surface area contributed by atoms with Crippen molar-refractivity contribution < 1.29 is 55.1 Å². The zero-order valence-electron chi connectivity index (χ0n) is 18.4.